The summed E-state index contributed by atoms with van der Waals surface area (Å²) in [6.45, 7) is 4.85. The predicted molar refractivity (Wildman–Crippen MR) is 68.3 cm³/mol. The molecular formula is C14H18N2O2. The molecule has 4 nitrogen and oxygen atoms in total. The van der Waals surface area contributed by atoms with Crippen molar-refractivity contribution in [2.24, 2.45) is 5.92 Å². The van der Waals surface area contributed by atoms with Gasteiger partial charge in [0.15, 0.2) is 5.78 Å². The van der Waals surface area contributed by atoms with Crippen LogP contribution in [0.5, 0.6) is 0 Å². The van der Waals surface area contributed by atoms with Crippen molar-refractivity contribution in [3.8, 4) is 0 Å². The number of carbonyl (C=O) groups excluding carboxylic acids is 2. The van der Waals surface area contributed by atoms with E-state index in [9.17, 15) is 9.59 Å². The first kappa shape index (κ1) is 12.7. The van der Waals surface area contributed by atoms with Crippen LogP contribution in [0, 0.1) is 12.8 Å². The van der Waals surface area contributed by atoms with E-state index in [1.54, 1.807) is 18.0 Å². The van der Waals surface area contributed by atoms with Gasteiger partial charge in [0.05, 0.1) is 0 Å². The molecule has 0 spiro atoms. The third-order valence-electron chi connectivity index (χ3n) is 3.51. The van der Waals surface area contributed by atoms with E-state index >= 15 is 0 Å². The van der Waals surface area contributed by atoms with Crippen molar-refractivity contribution in [3.05, 3.63) is 29.6 Å². The zero-order chi connectivity index (χ0) is 13.1. The van der Waals surface area contributed by atoms with Gasteiger partial charge >= 0.3 is 0 Å². The van der Waals surface area contributed by atoms with E-state index in [4.69, 9.17) is 0 Å². The zero-order valence-corrected chi connectivity index (χ0v) is 10.8. The fraction of sp³-hybridized carbons (Fsp3) is 0.500. The van der Waals surface area contributed by atoms with Crippen molar-refractivity contribution in [2.75, 3.05) is 13.1 Å². The highest BCUT2D eigenvalue weighted by Gasteiger charge is 2.26. The zero-order valence-electron chi connectivity index (χ0n) is 10.8. The van der Waals surface area contributed by atoms with Crippen molar-refractivity contribution in [3.63, 3.8) is 0 Å². The molecule has 18 heavy (non-hydrogen) atoms. The third kappa shape index (κ3) is 2.75. The Hall–Kier alpha value is -1.71. The molecule has 2 rings (SSSR count). The number of aryl methyl sites for hydroxylation is 1. The van der Waals surface area contributed by atoms with Crippen molar-refractivity contribution in [1.29, 1.82) is 0 Å². The maximum absolute atomic E-state index is 12.2. The molecule has 1 aliphatic heterocycles. The minimum atomic E-state index is 0.0325. The van der Waals surface area contributed by atoms with Gasteiger partial charge in [0.25, 0.3) is 0 Å². The van der Waals surface area contributed by atoms with Crippen molar-refractivity contribution in [2.45, 2.75) is 26.7 Å². The van der Waals surface area contributed by atoms with E-state index in [0.717, 1.165) is 18.5 Å². The summed E-state index contributed by atoms with van der Waals surface area (Å²) in [5.41, 5.74) is 1.60. The van der Waals surface area contributed by atoms with Crippen molar-refractivity contribution in [1.82, 2.24) is 9.88 Å². The lowest BCUT2D eigenvalue weighted by Gasteiger charge is -2.30. The first-order chi connectivity index (χ1) is 8.58. The maximum Gasteiger partial charge on any atom is 0.219 e. The average molecular weight is 246 g/mol. The summed E-state index contributed by atoms with van der Waals surface area (Å²) in [6, 6.07) is 3.69. The fourth-order valence-corrected chi connectivity index (χ4v) is 2.31. The average Bonchev–Trinajstić information content (AvgIpc) is 2.39. The summed E-state index contributed by atoms with van der Waals surface area (Å²) in [4.78, 5) is 29.4. The number of hydrogen-bond donors (Lipinski definition) is 0. The molecule has 0 aromatic carbocycles. The third-order valence-corrected chi connectivity index (χ3v) is 3.51. The van der Waals surface area contributed by atoms with Gasteiger partial charge in [0.2, 0.25) is 5.91 Å². The van der Waals surface area contributed by atoms with E-state index in [1.165, 1.54) is 0 Å². The van der Waals surface area contributed by atoms with E-state index in [-0.39, 0.29) is 17.6 Å². The fourth-order valence-electron chi connectivity index (χ4n) is 2.31. The number of pyridine rings is 1. The van der Waals surface area contributed by atoms with Crippen LogP contribution < -0.4 is 0 Å². The largest absolute Gasteiger partial charge is 0.343 e. The summed E-state index contributed by atoms with van der Waals surface area (Å²) >= 11 is 0. The molecule has 96 valence electrons. The number of rotatable bonds is 2. The Morgan fingerprint density at radius 3 is 2.44 bits per heavy atom. The van der Waals surface area contributed by atoms with Gasteiger partial charge in [-0.2, -0.15) is 0 Å². The Balaban J connectivity index is 1.99. The predicted octanol–water partition coefficient (Wildman–Crippen LogP) is 1.83. The van der Waals surface area contributed by atoms with Gasteiger partial charge < -0.3 is 4.90 Å². The Labute approximate surface area is 107 Å². The molecule has 1 amide bonds. The molecule has 0 radical (unpaired) electrons. The van der Waals surface area contributed by atoms with Crippen LogP contribution in [0.4, 0.5) is 0 Å². The molecule has 4 heteroatoms. The first-order valence-corrected chi connectivity index (χ1v) is 6.30. The molecule has 1 fully saturated rings. The monoisotopic (exact) mass is 246 g/mol. The SMILES string of the molecule is CC(=O)N1CCC(C(=O)c2ccc(C)nc2)CC1. The van der Waals surface area contributed by atoms with Crippen LogP contribution in [0.2, 0.25) is 0 Å². The van der Waals surface area contributed by atoms with Crippen LogP contribution in [0.25, 0.3) is 0 Å². The molecule has 1 aromatic rings. The molecule has 2 heterocycles. The summed E-state index contributed by atoms with van der Waals surface area (Å²) in [5, 5.41) is 0. The smallest absolute Gasteiger partial charge is 0.219 e. The van der Waals surface area contributed by atoms with Crippen molar-refractivity contribution >= 4 is 11.7 Å². The second-order valence-electron chi connectivity index (χ2n) is 4.83. The number of Topliss-reactive ketones (excluding diaryl/α,β-unsaturated/α-hetero) is 1. The lowest BCUT2D eigenvalue weighted by atomic mass is 9.89. The number of carbonyl (C=O) groups is 2. The Morgan fingerprint density at radius 2 is 1.94 bits per heavy atom. The molecule has 0 saturated carbocycles. The molecule has 1 aliphatic rings. The van der Waals surface area contributed by atoms with E-state index < -0.39 is 0 Å². The number of likely N-dealkylation sites (tertiary alicyclic amines) is 1. The maximum atomic E-state index is 12.2. The first-order valence-electron chi connectivity index (χ1n) is 6.30. The minimum Gasteiger partial charge on any atom is -0.343 e. The van der Waals surface area contributed by atoms with Gasteiger partial charge in [0, 0.05) is 43.4 Å². The van der Waals surface area contributed by atoms with E-state index in [1.807, 2.05) is 19.1 Å². The minimum absolute atomic E-state index is 0.0325. The molecule has 1 aromatic heterocycles. The van der Waals surface area contributed by atoms with E-state index in [2.05, 4.69) is 4.98 Å². The number of nitrogens with zero attached hydrogens (tertiary/aromatic N) is 2. The highest BCUT2D eigenvalue weighted by Crippen LogP contribution is 2.21. The lowest BCUT2D eigenvalue weighted by molar-refractivity contribution is -0.130. The second kappa shape index (κ2) is 5.29. The molecule has 0 atom stereocenters. The number of aromatic nitrogens is 1. The highest BCUT2D eigenvalue weighted by molar-refractivity contribution is 5.97. The lowest BCUT2D eigenvalue weighted by Crippen LogP contribution is -2.39. The van der Waals surface area contributed by atoms with Crippen LogP contribution in [0.3, 0.4) is 0 Å². The molecule has 1 saturated heterocycles. The standard InChI is InChI=1S/C14H18N2O2/c1-10-3-4-13(9-15-10)14(18)12-5-7-16(8-6-12)11(2)17/h3-4,9,12H,5-8H2,1-2H3. The van der Waals surface area contributed by atoms with Gasteiger partial charge in [-0.1, -0.05) is 0 Å². The molecule has 0 bridgehead atoms. The van der Waals surface area contributed by atoms with Gasteiger partial charge in [0.1, 0.15) is 0 Å². The Kier molecular flexibility index (Phi) is 3.75. The number of amides is 1. The summed E-state index contributed by atoms with van der Waals surface area (Å²) in [5.74, 6) is 0.286. The quantitative estimate of drug-likeness (QED) is 0.748. The van der Waals surface area contributed by atoms with E-state index in [0.29, 0.717) is 18.7 Å². The van der Waals surface area contributed by atoms with Crippen LogP contribution in [0.15, 0.2) is 18.3 Å². The molecule has 0 N–H and O–H groups in total. The van der Waals surface area contributed by atoms with Gasteiger partial charge in [-0.15, -0.1) is 0 Å². The van der Waals surface area contributed by atoms with Gasteiger partial charge in [-0.25, -0.2) is 0 Å². The Morgan fingerprint density at radius 1 is 1.28 bits per heavy atom. The summed E-state index contributed by atoms with van der Waals surface area (Å²) < 4.78 is 0. The van der Waals surface area contributed by atoms with Crippen molar-refractivity contribution < 1.29 is 9.59 Å². The van der Waals surface area contributed by atoms with Crippen LogP contribution in [-0.4, -0.2) is 34.7 Å². The highest BCUT2D eigenvalue weighted by atomic mass is 16.2. The molecule has 0 unspecified atom stereocenters. The van der Waals surface area contributed by atoms with Gasteiger partial charge in [-0.05, 0) is 31.9 Å². The summed E-state index contributed by atoms with van der Waals surface area (Å²) in [7, 11) is 0. The van der Waals surface area contributed by atoms with Crippen LogP contribution in [-0.2, 0) is 4.79 Å². The molecular weight excluding hydrogens is 228 g/mol. The Bertz CT molecular complexity index is 445. The molecule has 0 aliphatic carbocycles. The number of ketones is 1. The normalized spacial score (nSPS) is 16.7. The van der Waals surface area contributed by atoms with Crippen LogP contribution in [0.1, 0.15) is 35.8 Å². The number of hydrogen-bond acceptors (Lipinski definition) is 3. The van der Waals surface area contributed by atoms with Gasteiger partial charge in [-0.3, -0.25) is 14.6 Å². The number of piperidine rings is 1. The summed E-state index contributed by atoms with van der Waals surface area (Å²) in [6.07, 6.45) is 3.16. The van der Waals surface area contributed by atoms with Crippen LogP contribution >= 0.6 is 0 Å². The second-order valence-corrected chi connectivity index (χ2v) is 4.83. The topological polar surface area (TPSA) is 50.3 Å².